The van der Waals surface area contributed by atoms with E-state index in [9.17, 15) is 29.4 Å². The number of amides is 4. The Bertz CT molecular complexity index is 1250. The van der Waals surface area contributed by atoms with Crippen molar-refractivity contribution in [2.24, 2.45) is 23.5 Å². The fraction of sp³-hybridized carbons (Fsp3) is 0.588. The standard InChI is InChI=1S/C34H52N4O7/c1-4-23(32(35)42)17-27(18-24(5-2)33(43)37-14-9-7-8-13-36-31(41)6-3)34(44)38-15-16-45-22-26-12-10-11-25-19-28(21-39)30(40)20-29(25)26/h10-12,19-20,23-24,27,39-40H,4-9,13-18,21-22H2,1-3H3,(H2,35,42)(H,36,41)(H,37,43)(H,38,44). The summed E-state index contributed by atoms with van der Waals surface area (Å²) < 4.78 is 5.83. The van der Waals surface area contributed by atoms with Crippen LogP contribution < -0.4 is 21.7 Å². The first kappa shape index (κ1) is 37.5. The number of aromatic hydroxyl groups is 1. The number of phenols is 1. The zero-order chi connectivity index (χ0) is 33.2. The largest absolute Gasteiger partial charge is 0.508 e. The molecule has 0 fully saturated rings. The second-order valence-corrected chi connectivity index (χ2v) is 11.5. The number of primary amides is 1. The van der Waals surface area contributed by atoms with E-state index < -0.39 is 17.7 Å². The fourth-order valence-electron chi connectivity index (χ4n) is 5.33. The molecular formula is C34H52N4O7. The molecule has 0 heterocycles. The van der Waals surface area contributed by atoms with Crippen LogP contribution in [0, 0.1) is 17.8 Å². The molecule has 2 aromatic rings. The van der Waals surface area contributed by atoms with Gasteiger partial charge in [0.2, 0.25) is 23.6 Å². The van der Waals surface area contributed by atoms with Crippen molar-refractivity contribution in [2.75, 3.05) is 26.2 Å². The van der Waals surface area contributed by atoms with E-state index >= 15 is 0 Å². The SMILES string of the molecule is CCC(=O)NCCCCCNC(=O)C(CC)CC(CC(CC)C(N)=O)C(=O)NCCOCc1cccc2cc(CO)c(O)cc12. The molecule has 0 spiro atoms. The average molecular weight is 629 g/mol. The average Bonchev–Trinajstić information content (AvgIpc) is 3.03. The van der Waals surface area contributed by atoms with Crippen molar-refractivity contribution >= 4 is 34.4 Å². The number of benzene rings is 2. The van der Waals surface area contributed by atoms with Gasteiger partial charge in [-0.3, -0.25) is 19.2 Å². The number of nitrogens with one attached hydrogen (secondary N) is 3. The molecule has 4 amide bonds. The van der Waals surface area contributed by atoms with Gasteiger partial charge in [0.15, 0.2) is 0 Å². The molecule has 0 aliphatic carbocycles. The zero-order valence-electron chi connectivity index (χ0n) is 27.0. The monoisotopic (exact) mass is 628 g/mol. The Morgan fingerprint density at radius 2 is 1.47 bits per heavy atom. The van der Waals surface area contributed by atoms with E-state index in [1.54, 1.807) is 12.1 Å². The summed E-state index contributed by atoms with van der Waals surface area (Å²) in [7, 11) is 0. The van der Waals surface area contributed by atoms with Gasteiger partial charge < -0.3 is 36.6 Å². The van der Waals surface area contributed by atoms with Crippen LogP contribution in [0.5, 0.6) is 5.75 Å². The van der Waals surface area contributed by atoms with Gasteiger partial charge in [-0.25, -0.2) is 0 Å². The smallest absolute Gasteiger partial charge is 0.223 e. The maximum absolute atomic E-state index is 13.3. The highest BCUT2D eigenvalue weighted by molar-refractivity contribution is 5.88. The number of nitrogens with two attached hydrogens (primary N) is 1. The number of unbranched alkanes of at least 4 members (excludes halogenated alkanes) is 2. The molecule has 2 rings (SSSR count). The third kappa shape index (κ3) is 12.7. The summed E-state index contributed by atoms with van der Waals surface area (Å²) in [6.07, 6.45) is 4.59. The fourth-order valence-corrected chi connectivity index (χ4v) is 5.33. The normalized spacial score (nSPS) is 13.2. The number of hydrogen-bond donors (Lipinski definition) is 6. The summed E-state index contributed by atoms with van der Waals surface area (Å²) in [5.74, 6) is -2.20. The van der Waals surface area contributed by atoms with Crippen LogP contribution in [0.15, 0.2) is 30.3 Å². The van der Waals surface area contributed by atoms with Crippen LogP contribution in [0.4, 0.5) is 0 Å². The first-order chi connectivity index (χ1) is 21.6. The van der Waals surface area contributed by atoms with Gasteiger partial charge in [0, 0.05) is 49.4 Å². The number of ether oxygens (including phenoxy) is 1. The number of carbonyl (C=O) groups excluding carboxylic acids is 4. The Morgan fingerprint density at radius 3 is 2.11 bits per heavy atom. The number of aliphatic hydroxyl groups excluding tert-OH is 1. The zero-order valence-corrected chi connectivity index (χ0v) is 27.0. The van der Waals surface area contributed by atoms with Crippen LogP contribution in [-0.4, -0.2) is 60.1 Å². The highest BCUT2D eigenvalue weighted by Gasteiger charge is 2.29. The minimum atomic E-state index is -0.568. The van der Waals surface area contributed by atoms with Gasteiger partial charge >= 0.3 is 0 Å². The molecule has 3 unspecified atom stereocenters. The van der Waals surface area contributed by atoms with E-state index in [1.165, 1.54) is 0 Å². The molecule has 0 saturated carbocycles. The van der Waals surface area contributed by atoms with Gasteiger partial charge in [-0.05, 0) is 73.4 Å². The van der Waals surface area contributed by atoms with Crippen LogP contribution in [0.3, 0.4) is 0 Å². The summed E-state index contributed by atoms with van der Waals surface area (Å²) in [5, 5.41) is 30.0. The maximum Gasteiger partial charge on any atom is 0.223 e. The minimum absolute atomic E-state index is 0.0188. The predicted octanol–water partition coefficient (Wildman–Crippen LogP) is 3.42. The molecule has 11 heteroatoms. The highest BCUT2D eigenvalue weighted by atomic mass is 16.5. The number of rotatable bonds is 22. The molecule has 2 aromatic carbocycles. The van der Waals surface area contributed by atoms with Crippen molar-refractivity contribution in [3.63, 3.8) is 0 Å². The maximum atomic E-state index is 13.3. The first-order valence-electron chi connectivity index (χ1n) is 16.2. The third-order valence-electron chi connectivity index (χ3n) is 8.21. The lowest BCUT2D eigenvalue weighted by Crippen LogP contribution is -2.39. The van der Waals surface area contributed by atoms with Crippen LogP contribution >= 0.6 is 0 Å². The van der Waals surface area contributed by atoms with Crippen molar-refractivity contribution in [1.82, 2.24) is 16.0 Å². The Labute approximate surface area is 266 Å². The minimum Gasteiger partial charge on any atom is -0.508 e. The molecule has 0 radical (unpaired) electrons. The van der Waals surface area contributed by atoms with Crippen LogP contribution in [0.25, 0.3) is 10.8 Å². The molecule has 7 N–H and O–H groups in total. The van der Waals surface area contributed by atoms with Gasteiger partial charge in [0.1, 0.15) is 5.75 Å². The van der Waals surface area contributed by atoms with E-state index in [0.717, 1.165) is 35.6 Å². The van der Waals surface area contributed by atoms with Gasteiger partial charge in [-0.15, -0.1) is 0 Å². The predicted molar refractivity (Wildman–Crippen MR) is 174 cm³/mol. The highest BCUT2D eigenvalue weighted by Crippen LogP contribution is 2.28. The molecule has 45 heavy (non-hydrogen) atoms. The molecule has 0 saturated heterocycles. The van der Waals surface area contributed by atoms with E-state index in [2.05, 4.69) is 16.0 Å². The summed E-state index contributed by atoms with van der Waals surface area (Å²) in [5.41, 5.74) is 6.91. The molecule has 0 aromatic heterocycles. The summed E-state index contributed by atoms with van der Waals surface area (Å²) in [6, 6.07) is 9.03. The van der Waals surface area contributed by atoms with Gasteiger partial charge in [0.05, 0.1) is 19.8 Å². The Morgan fingerprint density at radius 1 is 0.822 bits per heavy atom. The van der Waals surface area contributed by atoms with Crippen molar-refractivity contribution in [3.8, 4) is 5.75 Å². The Kier molecular flexibility index (Phi) is 17.0. The molecule has 0 aliphatic rings. The summed E-state index contributed by atoms with van der Waals surface area (Å²) in [4.78, 5) is 49.6. The van der Waals surface area contributed by atoms with Gasteiger partial charge in [-0.2, -0.15) is 0 Å². The second kappa shape index (κ2) is 20.4. The van der Waals surface area contributed by atoms with Crippen LogP contribution in [0.2, 0.25) is 0 Å². The lowest BCUT2D eigenvalue weighted by molar-refractivity contribution is -0.129. The number of aliphatic hydroxyl groups is 1. The van der Waals surface area contributed by atoms with E-state index in [4.69, 9.17) is 10.5 Å². The lowest BCUT2D eigenvalue weighted by Gasteiger charge is -2.24. The van der Waals surface area contributed by atoms with Gasteiger partial charge in [-0.1, -0.05) is 39.0 Å². The topological polar surface area (TPSA) is 180 Å². The van der Waals surface area contributed by atoms with Crippen molar-refractivity contribution in [1.29, 1.82) is 0 Å². The van der Waals surface area contributed by atoms with E-state index in [1.807, 2.05) is 39.0 Å². The van der Waals surface area contributed by atoms with E-state index in [0.29, 0.717) is 44.3 Å². The summed E-state index contributed by atoms with van der Waals surface area (Å²) >= 11 is 0. The number of hydrogen-bond acceptors (Lipinski definition) is 7. The molecule has 11 nitrogen and oxygen atoms in total. The Hall–Kier alpha value is -3.70. The van der Waals surface area contributed by atoms with Crippen molar-refractivity contribution in [3.05, 3.63) is 41.5 Å². The Balaban J connectivity index is 1.90. The van der Waals surface area contributed by atoms with Crippen LogP contribution in [-0.2, 0) is 37.1 Å². The summed E-state index contributed by atoms with van der Waals surface area (Å²) in [6.45, 7) is 7.21. The third-order valence-corrected chi connectivity index (χ3v) is 8.21. The molecule has 0 aliphatic heterocycles. The molecule has 3 atom stereocenters. The molecular weight excluding hydrogens is 576 g/mol. The van der Waals surface area contributed by atoms with E-state index in [-0.39, 0.29) is 62.2 Å². The van der Waals surface area contributed by atoms with Crippen molar-refractivity contribution in [2.45, 2.75) is 85.4 Å². The quantitative estimate of drug-likeness (QED) is 0.108. The number of carbonyl (C=O) groups is 4. The molecule has 0 bridgehead atoms. The second-order valence-electron chi connectivity index (χ2n) is 11.5. The number of fused-ring (bicyclic) bond motifs is 1. The van der Waals surface area contributed by atoms with Crippen LogP contribution in [0.1, 0.15) is 83.3 Å². The molecule has 250 valence electrons. The van der Waals surface area contributed by atoms with Crippen molar-refractivity contribution < 1.29 is 34.1 Å². The first-order valence-corrected chi connectivity index (χ1v) is 16.2. The lowest BCUT2D eigenvalue weighted by atomic mass is 9.83. The van der Waals surface area contributed by atoms with Gasteiger partial charge in [0.25, 0.3) is 0 Å².